The number of nitrogens with one attached hydrogen (secondary N) is 1. The highest BCUT2D eigenvalue weighted by molar-refractivity contribution is 6.42. The molecule has 5 heteroatoms. The Morgan fingerprint density at radius 1 is 1.36 bits per heavy atom. The number of halogens is 2. The largest absolute Gasteiger partial charge is 0.622 e. The summed E-state index contributed by atoms with van der Waals surface area (Å²) >= 11 is 11.6. The summed E-state index contributed by atoms with van der Waals surface area (Å²) in [6, 6.07) is 3.20. The minimum Gasteiger partial charge on any atom is -0.622 e. The second-order valence-electron chi connectivity index (χ2n) is 3.02. The van der Waals surface area contributed by atoms with Crippen LogP contribution in [0.15, 0.2) is 17.1 Å². The van der Waals surface area contributed by atoms with Crippen molar-refractivity contribution in [3.63, 3.8) is 0 Å². The molecule has 0 aromatic heterocycles. The SMILES string of the molecule is CCC1=Nc2cc(Cl)c(Cl)cc2[NH+]1[O-]. The van der Waals surface area contributed by atoms with Crippen LogP contribution in [0, 0.1) is 5.21 Å². The number of aliphatic imine (C=N–C) groups is 1. The third-order valence-electron chi connectivity index (χ3n) is 2.14. The van der Waals surface area contributed by atoms with Gasteiger partial charge >= 0.3 is 0 Å². The van der Waals surface area contributed by atoms with Crippen molar-refractivity contribution in [3.05, 3.63) is 27.4 Å². The fraction of sp³-hybridized carbons (Fsp3) is 0.222. The third-order valence-corrected chi connectivity index (χ3v) is 2.86. The van der Waals surface area contributed by atoms with Gasteiger partial charge in [0.1, 0.15) is 5.69 Å². The van der Waals surface area contributed by atoms with Gasteiger partial charge in [-0.25, -0.2) is 0 Å². The molecule has 1 aromatic carbocycles. The van der Waals surface area contributed by atoms with Gasteiger partial charge in [-0.2, -0.15) is 4.99 Å². The van der Waals surface area contributed by atoms with Crippen molar-refractivity contribution >= 4 is 40.4 Å². The number of hydroxylamine groups is 1. The molecule has 1 heterocycles. The smallest absolute Gasteiger partial charge is 0.206 e. The maximum atomic E-state index is 11.7. The van der Waals surface area contributed by atoms with Crippen LogP contribution in [-0.2, 0) is 0 Å². The Balaban J connectivity index is 2.53. The highest BCUT2D eigenvalue weighted by atomic mass is 35.5. The molecule has 1 unspecified atom stereocenters. The second-order valence-corrected chi connectivity index (χ2v) is 3.84. The molecule has 1 N–H and O–H groups in total. The van der Waals surface area contributed by atoms with E-state index in [9.17, 15) is 5.21 Å². The van der Waals surface area contributed by atoms with Gasteiger partial charge in [0.15, 0.2) is 5.69 Å². The molecule has 1 atom stereocenters. The van der Waals surface area contributed by atoms with Crippen molar-refractivity contribution in [2.75, 3.05) is 0 Å². The normalized spacial score (nSPS) is 19.4. The van der Waals surface area contributed by atoms with Crippen LogP contribution in [0.25, 0.3) is 0 Å². The van der Waals surface area contributed by atoms with Crippen LogP contribution in [0.5, 0.6) is 0 Å². The standard InChI is InChI=1S/C9H8Cl2N2O/c1-2-9-12-7-3-5(10)6(11)4-8(7)13(9)14/h3-4,13H,2H2,1H3. The van der Waals surface area contributed by atoms with Crippen LogP contribution in [-0.4, -0.2) is 5.84 Å². The summed E-state index contributed by atoms with van der Waals surface area (Å²) in [5, 5.41) is 12.4. The van der Waals surface area contributed by atoms with E-state index in [4.69, 9.17) is 23.2 Å². The average molecular weight is 231 g/mol. The predicted octanol–water partition coefficient (Wildman–Crippen LogP) is 2.46. The molecule has 2 rings (SSSR count). The minimum atomic E-state index is -0.0407. The van der Waals surface area contributed by atoms with Crippen molar-refractivity contribution < 1.29 is 5.06 Å². The highest BCUT2D eigenvalue weighted by Gasteiger charge is 2.23. The number of benzene rings is 1. The number of quaternary nitrogens is 1. The first-order chi connectivity index (χ1) is 6.63. The summed E-state index contributed by atoms with van der Waals surface area (Å²) < 4.78 is 0. The van der Waals surface area contributed by atoms with Crippen molar-refractivity contribution in [2.24, 2.45) is 4.99 Å². The lowest BCUT2D eigenvalue weighted by molar-refractivity contribution is -0.665. The van der Waals surface area contributed by atoms with Gasteiger partial charge in [0.2, 0.25) is 5.84 Å². The van der Waals surface area contributed by atoms with Gasteiger partial charge in [-0.3, -0.25) is 5.06 Å². The molecule has 0 radical (unpaired) electrons. The Hall–Kier alpha value is -0.610. The quantitative estimate of drug-likeness (QED) is 0.741. The van der Waals surface area contributed by atoms with Gasteiger partial charge in [-0.1, -0.05) is 30.1 Å². The molecule has 0 fully saturated rings. The van der Waals surface area contributed by atoms with Crippen molar-refractivity contribution in [3.8, 4) is 0 Å². The third kappa shape index (κ3) is 1.42. The fourth-order valence-electron chi connectivity index (χ4n) is 1.40. The number of hydrogen-bond acceptors (Lipinski definition) is 2. The Morgan fingerprint density at radius 3 is 2.64 bits per heavy atom. The Kier molecular flexibility index (Phi) is 2.49. The molecule has 1 aromatic rings. The van der Waals surface area contributed by atoms with Gasteiger partial charge in [0.05, 0.1) is 10.0 Å². The van der Waals surface area contributed by atoms with Gasteiger partial charge in [0.25, 0.3) is 0 Å². The molecule has 3 nitrogen and oxygen atoms in total. The molecular formula is C9H8Cl2N2O. The van der Waals surface area contributed by atoms with Gasteiger partial charge < -0.3 is 5.21 Å². The maximum Gasteiger partial charge on any atom is 0.206 e. The van der Waals surface area contributed by atoms with E-state index in [-0.39, 0.29) is 5.06 Å². The first kappa shape index (κ1) is 9.93. The molecule has 0 bridgehead atoms. The lowest BCUT2D eigenvalue weighted by Gasteiger charge is -2.16. The average Bonchev–Trinajstić information content (AvgIpc) is 2.45. The topological polar surface area (TPSA) is 39.9 Å². The van der Waals surface area contributed by atoms with Gasteiger partial charge in [-0.15, -0.1) is 0 Å². The zero-order valence-electron chi connectivity index (χ0n) is 7.47. The van der Waals surface area contributed by atoms with Crippen LogP contribution >= 0.6 is 23.2 Å². The molecule has 14 heavy (non-hydrogen) atoms. The zero-order chi connectivity index (χ0) is 10.3. The summed E-state index contributed by atoms with van der Waals surface area (Å²) in [4.78, 5) is 4.18. The Bertz CT molecular complexity index is 418. The Morgan fingerprint density at radius 2 is 2.00 bits per heavy atom. The summed E-state index contributed by atoms with van der Waals surface area (Å²) in [5.41, 5.74) is 1.18. The molecule has 0 amide bonds. The summed E-state index contributed by atoms with van der Waals surface area (Å²) in [7, 11) is 0. The maximum absolute atomic E-state index is 11.7. The molecule has 0 saturated carbocycles. The second kappa shape index (κ2) is 3.51. The zero-order valence-corrected chi connectivity index (χ0v) is 8.99. The molecular weight excluding hydrogens is 223 g/mol. The summed E-state index contributed by atoms with van der Waals surface area (Å²) in [5.74, 6) is 0.568. The first-order valence-electron chi connectivity index (χ1n) is 4.24. The van der Waals surface area contributed by atoms with E-state index in [1.165, 1.54) is 0 Å². The van der Waals surface area contributed by atoms with E-state index in [2.05, 4.69) is 4.99 Å². The van der Waals surface area contributed by atoms with Crippen molar-refractivity contribution in [1.29, 1.82) is 0 Å². The molecule has 0 saturated heterocycles. The van der Waals surface area contributed by atoms with E-state index in [1.54, 1.807) is 12.1 Å². The number of fused-ring (bicyclic) bond motifs is 1. The fourth-order valence-corrected chi connectivity index (χ4v) is 1.72. The van der Waals surface area contributed by atoms with Crippen LogP contribution in [0.1, 0.15) is 13.3 Å². The van der Waals surface area contributed by atoms with E-state index in [0.29, 0.717) is 33.7 Å². The lowest BCUT2D eigenvalue weighted by atomic mass is 10.3. The summed E-state index contributed by atoms with van der Waals surface area (Å²) in [6.07, 6.45) is 0.628. The monoisotopic (exact) mass is 230 g/mol. The molecule has 74 valence electrons. The lowest BCUT2D eigenvalue weighted by Crippen LogP contribution is -3.03. The predicted molar refractivity (Wildman–Crippen MR) is 57.8 cm³/mol. The van der Waals surface area contributed by atoms with E-state index < -0.39 is 0 Å². The van der Waals surface area contributed by atoms with Gasteiger partial charge in [-0.05, 0) is 6.07 Å². The van der Waals surface area contributed by atoms with E-state index in [1.807, 2.05) is 6.92 Å². The molecule has 1 aliphatic heterocycles. The van der Waals surface area contributed by atoms with E-state index in [0.717, 1.165) is 0 Å². The molecule has 0 spiro atoms. The van der Waals surface area contributed by atoms with Crippen LogP contribution in [0.2, 0.25) is 10.0 Å². The molecule has 0 aliphatic carbocycles. The number of amidine groups is 1. The molecule has 1 aliphatic rings. The van der Waals surface area contributed by atoms with Crippen LogP contribution < -0.4 is 5.06 Å². The number of rotatable bonds is 1. The van der Waals surface area contributed by atoms with Crippen LogP contribution in [0.3, 0.4) is 0 Å². The first-order valence-corrected chi connectivity index (χ1v) is 5.00. The Labute approximate surface area is 91.5 Å². The highest BCUT2D eigenvalue weighted by Crippen LogP contribution is 2.34. The van der Waals surface area contributed by atoms with Crippen molar-refractivity contribution in [2.45, 2.75) is 13.3 Å². The van der Waals surface area contributed by atoms with Crippen molar-refractivity contribution in [1.82, 2.24) is 0 Å². The van der Waals surface area contributed by atoms with Crippen LogP contribution in [0.4, 0.5) is 11.4 Å². The van der Waals surface area contributed by atoms with E-state index >= 15 is 0 Å². The minimum absolute atomic E-state index is 0.0407. The number of nitrogens with zero attached hydrogens (tertiary/aromatic N) is 1. The number of hydrogen-bond donors (Lipinski definition) is 1. The van der Waals surface area contributed by atoms with Gasteiger partial charge in [0, 0.05) is 12.5 Å². The summed E-state index contributed by atoms with van der Waals surface area (Å²) in [6.45, 7) is 1.89.